The molecule has 0 aromatic carbocycles. The van der Waals surface area contributed by atoms with E-state index < -0.39 is 0 Å². The summed E-state index contributed by atoms with van der Waals surface area (Å²) < 4.78 is 5.30. The van der Waals surface area contributed by atoms with E-state index in [1.165, 1.54) is 6.42 Å². The van der Waals surface area contributed by atoms with Gasteiger partial charge in [0.2, 0.25) is 0 Å². The third kappa shape index (κ3) is 2.53. The highest BCUT2D eigenvalue weighted by molar-refractivity contribution is 4.91. The van der Waals surface area contributed by atoms with E-state index in [2.05, 4.69) is 26.0 Å². The Morgan fingerprint density at radius 1 is 1.60 bits per heavy atom. The SMILES string of the molecule is CC(C)CC1C=CCOC1. The van der Waals surface area contributed by atoms with E-state index in [0.717, 1.165) is 19.1 Å². The van der Waals surface area contributed by atoms with Crippen molar-refractivity contribution in [2.75, 3.05) is 13.2 Å². The van der Waals surface area contributed by atoms with E-state index in [1.807, 2.05) is 0 Å². The Labute approximate surface area is 63.1 Å². The molecular weight excluding hydrogens is 124 g/mol. The molecule has 0 N–H and O–H groups in total. The van der Waals surface area contributed by atoms with E-state index in [4.69, 9.17) is 4.74 Å². The predicted octanol–water partition coefficient (Wildman–Crippen LogP) is 2.24. The smallest absolute Gasteiger partial charge is 0.0647 e. The van der Waals surface area contributed by atoms with Crippen LogP contribution in [-0.2, 0) is 4.74 Å². The Morgan fingerprint density at radius 2 is 2.40 bits per heavy atom. The molecule has 1 rings (SSSR count). The van der Waals surface area contributed by atoms with Gasteiger partial charge in [-0.2, -0.15) is 0 Å². The Hall–Kier alpha value is -0.300. The molecule has 0 aliphatic carbocycles. The van der Waals surface area contributed by atoms with Gasteiger partial charge in [-0.3, -0.25) is 0 Å². The van der Waals surface area contributed by atoms with Crippen molar-refractivity contribution in [1.29, 1.82) is 0 Å². The first-order chi connectivity index (χ1) is 4.79. The largest absolute Gasteiger partial charge is 0.377 e. The summed E-state index contributed by atoms with van der Waals surface area (Å²) in [5.41, 5.74) is 0. The zero-order valence-electron chi connectivity index (χ0n) is 6.84. The average Bonchev–Trinajstić information content (AvgIpc) is 1.88. The summed E-state index contributed by atoms with van der Waals surface area (Å²) in [6.45, 7) is 6.24. The molecule has 58 valence electrons. The minimum absolute atomic E-state index is 0.675. The fourth-order valence-electron chi connectivity index (χ4n) is 1.34. The summed E-state index contributed by atoms with van der Waals surface area (Å²) in [6.07, 6.45) is 5.66. The second kappa shape index (κ2) is 3.77. The zero-order valence-corrected chi connectivity index (χ0v) is 6.84. The van der Waals surface area contributed by atoms with Crippen LogP contribution in [0.5, 0.6) is 0 Å². The van der Waals surface area contributed by atoms with Crippen LogP contribution in [0.4, 0.5) is 0 Å². The van der Waals surface area contributed by atoms with E-state index >= 15 is 0 Å². The summed E-state index contributed by atoms with van der Waals surface area (Å²) in [7, 11) is 0. The van der Waals surface area contributed by atoms with Crippen molar-refractivity contribution in [3.63, 3.8) is 0 Å². The van der Waals surface area contributed by atoms with Gasteiger partial charge >= 0.3 is 0 Å². The van der Waals surface area contributed by atoms with Crippen molar-refractivity contribution < 1.29 is 4.74 Å². The van der Waals surface area contributed by atoms with Crippen LogP contribution in [0.2, 0.25) is 0 Å². The van der Waals surface area contributed by atoms with Gasteiger partial charge in [0.05, 0.1) is 13.2 Å². The summed E-state index contributed by atoms with van der Waals surface area (Å²) in [6, 6.07) is 0. The standard InChI is InChI=1S/C9H16O/c1-8(2)6-9-4-3-5-10-7-9/h3-4,8-9H,5-7H2,1-2H3. The van der Waals surface area contributed by atoms with Crippen LogP contribution < -0.4 is 0 Å². The lowest BCUT2D eigenvalue weighted by atomic mass is 9.97. The maximum Gasteiger partial charge on any atom is 0.0647 e. The molecule has 1 heteroatoms. The first-order valence-electron chi connectivity index (χ1n) is 4.03. The third-order valence-corrected chi connectivity index (χ3v) is 1.73. The quantitative estimate of drug-likeness (QED) is 0.534. The lowest BCUT2D eigenvalue weighted by molar-refractivity contribution is 0.118. The molecule has 0 fully saturated rings. The van der Waals surface area contributed by atoms with E-state index in [1.54, 1.807) is 0 Å². The van der Waals surface area contributed by atoms with Crippen LogP contribution in [0.15, 0.2) is 12.2 Å². The Morgan fingerprint density at radius 3 is 2.90 bits per heavy atom. The van der Waals surface area contributed by atoms with Gasteiger partial charge in [-0.05, 0) is 12.3 Å². The average molecular weight is 140 g/mol. The normalized spacial score (nSPS) is 25.7. The van der Waals surface area contributed by atoms with Crippen molar-refractivity contribution >= 4 is 0 Å². The van der Waals surface area contributed by atoms with Gasteiger partial charge in [-0.25, -0.2) is 0 Å². The Balaban J connectivity index is 2.26. The number of hydrogen-bond acceptors (Lipinski definition) is 1. The number of hydrogen-bond donors (Lipinski definition) is 0. The van der Waals surface area contributed by atoms with Crippen LogP contribution in [0, 0.1) is 11.8 Å². The van der Waals surface area contributed by atoms with Crippen molar-refractivity contribution in [3.8, 4) is 0 Å². The van der Waals surface area contributed by atoms with Crippen molar-refractivity contribution in [3.05, 3.63) is 12.2 Å². The van der Waals surface area contributed by atoms with Crippen LogP contribution in [0.3, 0.4) is 0 Å². The molecular formula is C9H16O. The summed E-state index contributed by atoms with van der Waals surface area (Å²) in [4.78, 5) is 0. The van der Waals surface area contributed by atoms with Gasteiger partial charge in [-0.15, -0.1) is 0 Å². The fourth-order valence-corrected chi connectivity index (χ4v) is 1.34. The van der Waals surface area contributed by atoms with Crippen LogP contribution in [0.25, 0.3) is 0 Å². The second-order valence-corrected chi connectivity index (χ2v) is 3.36. The second-order valence-electron chi connectivity index (χ2n) is 3.36. The molecule has 0 bridgehead atoms. The van der Waals surface area contributed by atoms with Crippen molar-refractivity contribution in [1.82, 2.24) is 0 Å². The molecule has 0 radical (unpaired) electrons. The molecule has 1 aliphatic heterocycles. The van der Waals surface area contributed by atoms with Crippen molar-refractivity contribution in [2.24, 2.45) is 11.8 Å². The van der Waals surface area contributed by atoms with E-state index in [9.17, 15) is 0 Å². The zero-order chi connectivity index (χ0) is 7.40. The Bertz CT molecular complexity index is 116. The molecule has 0 spiro atoms. The summed E-state index contributed by atoms with van der Waals surface area (Å²) >= 11 is 0. The molecule has 10 heavy (non-hydrogen) atoms. The molecule has 1 nitrogen and oxygen atoms in total. The molecule has 0 saturated carbocycles. The maximum atomic E-state index is 5.30. The van der Waals surface area contributed by atoms with Gasteiger partial charge in [0.15, 0.2) is 0 Å². The van der Waals surface area contributed by atoms with Gasteiger partial charge < -0.3 is 4.74 Å². The highest BCUT2D eigenvalue weighted by Gasteiger charge is 2.09. The minimum Gasteiger partial charge on any atom is -0.377 e. The molecule has 1 aliphatic rings. The molecule has 1 unspecified atom stereocenters. The molecule has 1 heterocycles. The number of rotatable bonds is 2. The van der Waals surface area contributed by atoms with Crippen LogP contribution >= 0.6 is 0 Å². The monoisotopic (exact) mass is 140 g/mol. The fraction of sp³-hybridized carbons (Fsp3) is 0.778. The first kappa shape index (κ1) is 7.80. The van der Waals surface area contributed by atoms with Gasteiger partial charge in [-0.1, -0.05) is 26.0 Å². The molecule has 0 saturated heterocycles. The third-order valence-electron chi connectivity index (χ3n) is 1.73. The maximum absolute atomic E-state index is 5.30. The molecule has 0 amide bonds. The predicted molar refractivity (Wildman–Crippen MR) is 42.9 cm³/mol. The lowest BCUT2D eigenvalue weighted by Crippen LogP contribution is -2.13. The highest BCUT2D eigenvalue weighted by Crippen LogP contribution is 2.15. The highest BCUT2D eigenvalue weighted by atomic mass is 16.5. The van der Waals surface area contributed by atoms with E-state index in [-0.39, 0.29) is 0 Å². The van der Waals surface area contributed by atoms with Crippen LogP contribution in [0.1, 0.15) is 20.3 Å². The number of ether oxygens (including phenoxy) is 1. The van der Waals surface area contributed by atoms with Crippen LogP contribution in [-0.4, -0.2) is 13.2 Å². The molecule has 0 aromatic heterocycles. The topological polar surface area (TPSA) is 9.23 Å². The van der Waals surface area contributed by atoms with Gasteiger partial charge in [0.1, 0.15) is 0 Å². The first-order valence-corrected chi connectivity index (χ1v) is 4.03. The molecule has 0 aromatic rings. The van der Waals surface area contributed by atoms with Crippen molar-refractivity contribution in [2.45, 2.75) is 20.3 Å². The summed E-state index contributed by atoms with van der Waals surface area (Å²) in [5.74, 6) is 1.46. The molecule has 1 atom stereocenters. The minimum atomic E-state index is 0.675. The van der Waals surface area contributed by atoms with E-state index in [0.29, 0.717) is 5.92 Å². The van der Waals surface area contributed by atoms with Gasteiger partial charge in [0, 0.05) is 5.92 Å². The lowest BCUT2D eigenvalue weighted by Gasteiger charge is -2.18. The Kier molecular flexibility index (Phi) is 2.94. The summed E-state index contributed by atoms with van der Waals surface area (Å²) in [5, 5.41) is 0. The van der Waals surface area contributed by atoms with Gasteiger partial charge in [0.25, 0.3) is 0 Å².